The Morgan fingerprint density at radius 3 is 2.92 bits per heavy atom. The van der Waals surface area contributed by atoms with E-state index in [-0.39, 0.29) is 0 Å². The van der Waals surface area contributed by atoms with Gasteiger partial charge in [-0.25, -0.2) is 0 Å². The third kappa shape index (κ3) is 1.87. The lowest BCUT2D eigenvalue weighted by Crippen LogP contribution is -2.35. The Morgan fingerprint density at radius 2 is 2.25 bits per heavy atom. The monoisotopic (exact) mass is 166 g/mol. The number of hydrogen-bond donors (Lipinski definition) is 0. The molecular formula is C9H12NO2. The van der Waals surface area contributed by atoms with Gasteiger partial charge in [0.1, 0.15) is 5.76 Å². The van der Waals surface area contributed by atoms with E-state index >= 15 is 0 Å². The average molecular weight is 166 g/mol. The molecule has 0 aliphatic carbocycles. The van der Waals surface area contributed by atoms with E-state index in [1.807, 2.05) is 0 Å². The summed E-state index contributed by atoms with van der Waals surface area (Å²) in [7, 11) is 0. The summed E-state index contributed by atoms with van der Waals surface area (Å²) in [6.07, 6.45) is 1.66. The van der Waals surface area contributed by atoms with Gasteiger partial charge in [-0.1, -0.05) is 0 Å². The van der Waals surface area contributed by atoms with Crippen molar-refractivity contribution in [2.75, 3.05) is 26.3 Å². The minimum atomic E-state index is 0.834. The van der Waals surface area contributed by atoms with Gasteiger partial charge in [-0.3, -0.25) is 4.90 Å². The van der Waals surface area contributed by atoms with Crippen molar-refractivity contribution in [2.45, 2.75) is 6.54 Å². The van der Waals surface area contributed by atoms with Gasteiger partial charge in [0.25, 0.3) is 0 Å². The van der Waals surface area contributed by atoms with Gasteiger partial charge in [-0.05, 0) is 6.07 Å². The number of ether oxygens (including phenoxy) is 1. The first-order chi connectivity index (χ1) is 5.95. The molecule has 1 fully saturated rings. The normalized spacial score (nSPS) is 19.7. The van der Waals surface area contributed by atoms with Crippen molar-refractivity contribution in [3.63, 3.8) is 0 Å². The van der Waals surface area contributed by atoms with E-state index < -0.39 is 0 Å². The molecule has 1 aromatic rings. The molecule has 0 bridgehead atoms. The van der Waals surface area contributed by atoms with Crippen LogP contribution in [0.3, 0.4) is 0 Å². The molecule has 0 saturated carbocycles. The van der Waals surface area contributed by atoms with E-state index in [2.05, 4.69) is 11.0 Å². The van der Waals surface area contributed by atoms with Gasteiger partial charge in [0.2, 0.25) is 0 Å². The first-order valence-electron chi connectivity index (χ1n) is 4.19. The van der Waals surface area contributed by atoms with Crippen LogP contribution in [0.25, 0.3) is 0 Å². The molecule has 0 aromatic carbocycles. The van der Waals surface area contributed by atoms with Crippen LogP contribution in [0.15, 0.2) is 16.7 Å². The summed E-state index contributed by atoms with van der Waals surface area (Å²) < 4.78 is 10.4. The first kappa shape index (κ1) is 7.83. The van der Waals surface area contributed by atoms with Crippen molar-refractivity contribution < 1.29 is 9.15 Å². The van der Waals surface area contributed by atoms with Gasteiger partial charge < -0.3 is 9.15 Å². The highest BCUT2D eigenvalue weighted by molar-refractivity contribution is 4.95. The number of rotatable bonds is 2. The Hall–Kier alpha value is -0.800. The molecule has 0 N–H and O–H groups in total. The average Bonchev–Trinajstić information content (AvgIpc) is 2.59. The number of furan rings is 1. The van der Waals surface area contributed by atoms with Crippen LogP contribution in [0.4, 0.5) is 0 Å². The molecule has 3 nitrogen and oxygen atoms in total. The molecule has 1 aliphatic rings. The summed E-state index contributed by atoms with van der Waals surface area (Å²) >= 11 is 0. The van der Waals surface area contributed by atoms with Crippen molar-refractivity contribution in [1.82, 2.24) is 4.90 Å². The fourth-order valence-electron chi connectivity index (χ4n) is 1.32. The van der Waals surface area contributed by atoms with Crippen LogP contribution >= 0.6 is 0 Å². The van der Waals surface area contributed by atoms with Crippen molar-refractivity contribution >= 4 is 0 Å². The van der Waals surface area contributed by atoms with Gasteiger partial charge in [0.05, 0.1) is 26.0 Å². The predicted molar refractivity (Wildman–Crippen MR) is 43.6 cm³/mol. The van der Waals surface area contributed by atoms with Crippen LogP contribution < -0.4 is 0 Å². The molecule has 1 radical (unpaired) electrons. The zero-order chi connectivity index (χ0) is 8.23. The van der Waals surface area contributed by atoms with Crippen molar-refractivity contribution in [3.8, 4) is 0 Å². The van der Waals surface area contributed by atoms with E-state index in [4.69, 9.17) is 9.15 Å². The second-order valence-corrected chi connectivity index (χ2v) is 2.88. The molecule has 2 heterocycles. The second-order valence-electron chi connectivity index (χ2n) is 2.88. The topological polar surface area (TPSA) is 25.6 Å². The summed E-state index contributed by atoms with van der Waals surface area (Å²) in [5.41, 5.74) is 0. The number of nitrogens with zero attached hydrogens (tertiary/aromatic N) is 1. The number of hydrogen-bond acceptors (Lipinski definition) is 3. The summed E-state index contributed by atoms with van der Waals surface area (Å²) in [5, 5.41) is 0. The molecule has 0 atom stereocenters. The smallest absolute Gasteiger partial charge is 0.125 e. The van der Waals surface area contributed by atoms with E-state index in [9.17, 15) is 0 Å². The lowest BCUT2D eigenvalue weighted by molar-refractivity contribution is 0.0313. The van der Waals surface area contributed by atoms with Crippen LogP contribution in [-0.2, 0) is 11.3 Å². The predicted octanol–water partition coefficient (Wildman–Crippen LogP) is 0.912. The van der Waals surface area contributed by atoms with Crippen LogP contribution in [0.2, 0.25) is 0 Å². The van der Waals surface area contributed by atoms with Gasteiger partial charge in [-0.2, -0.15) is 0 Å². The third-order valence-electron chi connectivity index (χ3n) is 1.99. The van der Waals surface area contributed by atoms with E-state index in [0.29, 0.717) is 0 Å². The Balaban J connectivity index is 1.86. The Kier molecular flexibility index (Phi) is 2.44. The molecule has 1 aromatic heterocycles. The van der Waals surface area contributed by atoms with Crippen LogP contribution in [0.5, 0.6) is 0 Å². The largest absolute Gasteiger partial charge is 0.467 e. The Morgan fingerprint density at radius 1 is 1.42 bits per heavy atom. The lowest BCUT2D eigenvalue weighted by Gasteiger charge is -2.25. The molecule has 2 rings (SSSR count). The highest BCUT2D eigenvalue weighted by Crippen LogP contribution is 2.06. The van der Waals surface area contributed by atoms with Crippen LogP contribution in [0.1, 0.15) is 5.76 Å². The van der Waals surface area contributed by atoms with Crippen molar-refractivity contribution in [3.05, 3.63) is 24.2 Å². The molecule has 65 valence electrons. The standard InChI is InChI=1S/C9H12NO2/c1-2-9(12-5-1)8-10-3-6-11-7-4-10/h1,5H,3-4,6-8H2. The number of morpholine rings is 1. The van der Waals surface area contributed by atoms with Gasteiger partial charge in [0, 0.05) is 19.2 Å². The zero-order valence-corrected chi connectivity index (χ0v) is 6.95. The maximum Gasteiger partial charge on any atom is 0.125 e. The summed E-state index contributed by atoms with van der Waals surface area (Å²) in [6, 6.07) is 4.84. The quantitative estimate of drug-likeness (QED) is 0.653. The molecule has 12 heavy (non-hydrogen) atoms. The molecule has 0 unspecified atom stereocenters. The van der Waals surface area contributed by atoms with E-state index in [0.717, 1.165) is 38.6 Å². The van der Waals surface area contributed by atoms with E-state index in [1.165, 1.54) is 0 Å². The summed E-state index contributed by atoms with van der Waals surface area (Å²) in [4.78, 5) is 2.30. The summed E-state index contributed by atoms with van der Waals surface area (Å²) in [5.74, 6) is 0.914. The lowest BCUT2D eigenvalue weighted by atomic mass is 10.3. The first-order valence-corrected chi connectivity index (χ1v) is 4.19. The minimum Gasteiger partial charge on any atom is -0.467 e. The van der Waals surface area contributed by atoms with Gasteiger partial charge in [-0.15, -0.1) is 0 Å². The van der Waals surface area contributed by atoms with Crippen LogP contribution in [0, 0.1) is 6.07 Å². The highest BCUT2D eigenvalue weighted by Gasteiger charge is 2.11. The molecule has 0 spiro atoms. The molecule has 1 aliphatic heterocycles. The van der Waals surface area contributed by atoms with Gasteiger partial charge >= 0.3 is 0 Å². The van der Waals surface area contributed by atoms with Crippen molar-refractivity contribution in [2.24, 2.45) is 0 Å². The van der Waals surface area contributed by atoms with Crippen molar-refractivity contribution in [1.29, 1.82) is 0 Å². The van der Waals surface area contributed by atoms with E-state index in [1.54, 1.807) is 12.3 Å². The second kappa shape index (κ2) is 3.74. The highest BCUT2D eigenvalue weighted by atomic mass is 16.5. The molecule has 0 amide bonds. The molecule has 1 saturated heterocycles. The summed E-state index contributed by atoms with van der Waals surface area (Å²) in [6.45, 7) is 4.51. The van der Waals surface area contributed by atoms with Gasteiger partial charge in [0.15, 0.2) is 0 Å². The minimum absolute atomic E-state index is 0.834. The maximum atomic E-state index is 5.24. The SMILES string of the molecule is [c]1ccoc1CN1CCOCC1. The molecule has 3 heteroatoms. The fraction of sp³-hybridized carbons (Fsp3) is 0.556. The maximum absolute atomic E-state index is 5.24. The third-order valence-corrected chi connectivity index (χ3v) is 1.99. The Bertz CT molecular complexity index is 214. The molecular weight excluding hydrogens is 154 g/mol. The fourth-order valence-corrected chi connectivity index (χ4v) is 1.32. The zero-order valence-electron chi connectivity index (χ0n) is 6.95. The Labute approximate surface area is 71.9 Å². The van der Waals surface area contributed by atoms with Crippen LogP contribution in [-0.4, -0.2) is 31.2 Å².